The highest BCUT2D eigenvalue weighted by molar-refractivity contribution is 5.67. The summed E-state index contributed by atoms with van der Waals surface area (Å²) in [6.45, 7) is 3.32. The van der Waals surface area contributed by atoms with Crippen LogP contribution in [0.3, 0.4) is 0 Å². The predicted octanol–water partition coefficient (Wildman–Crippen LogP) is 4.00. The lowest BCUT2D eigenvalue weighted by molar-refractivity contribution is 0.205. The average molecular weight is 393 g/mol. The Kier molecular flexibility index (Phi) is 5.71. The van der Waals surface area contributed by atoms with Gasteiger partial charge in [-0.1, -0.05) is 31.2 Å². The molecule has 5 nitrogen and oxygen atoms in total. The van der Waals surface area contributed by atoms with Gasteiger partial charge in [0, 0.05) is 24.7 Å². The van der Waals surface area contributed by atoms with Gasteiger partial charge in [-0.3, -0.25) is 0 Å². The highest BCUT2D eigenvalue weighted by Gasteiger charge is 2.27. The summed E-state index contributed by atoms with van der Waals surface area (Å²) in [5.41, 5.74) is 4.70. The van der Waals surface area contributed by atoms with E-state index in [0.717, 1.165) is 36.3 Å². The first-order chi connectivity index (χ1) is 14.2. The Hall–Kier alpha value is -2.99. The molecule has 0 spiro atoms. The number of aliphatic hydroxyl groups excluding tert-OH is 1. The maximum absolute atomic E-state index is 13.8. The molecule has 1 fully saturated rings. The van der Waals surface area contributed by atoms with E-state index >= 15 is 0 Å². The van der Waals surface area contributed by atoms with Crippen LogP contribution in [0.4, 0.5) is 10.1 Å². The number of hydrogen-bond donors (Lipinski definition) is 1. The molecule has 0 bridgehead atoms. The van der Waals surface area contributed by atoms with E-state index in [1.165, 1.54) is 17.8 Å². The first-order valence-electron chi connectivity index (χ1n) is 9.90. The zero-order chi connectivity index (χ0) is 20.2. The minimum absolute atomic E-state index is 0.0337. The Bertz CT molecular complexity index is 995. The van der Waals surface area contributed by atoms with Crippen LogP contribution in [0.25, 0.3) is 11.3 Å². The van der Waals surface area contributed by atoms with Gasteiger partial charge in [-0.05, 0) is 36.2 Å². The van der Waals surface area contributed by atoms with Crippen molar-refractivity contribution in [2.24, 2.45) is 0 Å². The molecule has 0 saturated carbocycles. The van der Waals surface area contributed by atoms with Crippen molar-refractivity contribution in [2.45, 2.75) is 32.5 Å². The molecular formula is C23H24FN3O2. The second-order valence-corrected chi connectivity index (χ2v) is 7.10. The molecule has 3 heterocycles. The van der Waals surface area contributed by atoms with Crippen LogP contribution in [0, 0.1) is 5.82 Å². The number of aromatic nitrogens is 2. The molecular weight excluding hydrogens is 369 g/mol. The number of hydrogen-bond acceptors (Lipinski definition) is 5. The van der Waals surface area contributed by atoms with E-state index in [2.05, 4.69) is 28.9 Å². The third-order valence-electron chi connectivity index (χ3n) is 5.26. The third kappa shape index (κ3) is 4.07. The maximum atomic E-state index is 13.8. The smallest absolute Gasteiger partial charge is 0.250 e. The number of aliphatic hydroxyl groups is 1. The Morgan fingerprint density at radius 2 is 2.03 bits per heavy atom. The number of rotatable bonds is 6. The molecule has 0 radical (unpaired) electrons. The van der Waals surface area contributed by atoms with Crippen molar-refractivity contribution >= 4 is 5.69 Å². The number of halogens is 1. The summed E-state index contributed by atoms with van der Waals surface area (Å²) in [6.07, 6.45) is 3.03. The van der Waals surface area contributed by atoms with E-state index in [-0.39, 0.29) is 18.6 Å². The summed E-state index contributed by atoms with van der Waals surface area (Å²) in [5, 5.41) is 9.93. The van der Waals surface area contributed by atoms with Crippen molar-refractivity contribution in [1.82, 2.24) is 9.97 Å². The van der Waals surface area contributed by atoms with Crippen LogP contribution in [-0.4, -0.2) is 34.3 Å². The summed E-state index contributed by atoms with van der Waals surface area (Å²) in [5.74, 6) is -0.422. The fourth-order valence-electron chi connectivity index (χ4n) is 3.79. The molecule has 1 saturated heterocycles. The number of benzene rings is 1. The molecule has 1 aliphatic heterocycles. The fraction of sp³-hybridized carbons (Fsp3) is 0.304. The second-order valence-electron chi connectivity index (χ2n) is 7.10. The van der Waals surface area contributed by atoms with Gasteiger partial charge in [0.1, 0.15) is 6.10 Å². The van der Waals surface area contributed by atoms with Gasteiger partial charge >= 0.3 is 0 Å². The van der Waals surface area contributed by atoms with Crippen molar-refractivity contribution in [3.63, 3.8) is 0 Å². The van der Waals surface area contributed by atoms with Crippen LogP contribution in [0.15, 0.2) is 54.7 Å². The topological polar surface area (TPSA) is 58.5 Å². The quantitative estimate of drug-likeness (QED) is 0.686. The van der Waals surface area contributed by atoms with Crippen LogP contribution < -0.4 is 9.64 Å². The molecule has 1 unspecified atom stereocenters. The highest BCUT2D eigenvalue weighted by Crippen LogP contribution is 2.30. The molecule has 1 atom stereocenters. The number of nitrogens with zero attached hydrogens (tertiary/aromatic N) is 3. The van der Waals surface area contributed by atoms with Crippen LogP contribution >= 0.6 is 0 Å². The number of aryl methyl sites for hydroxylation is 1. The van der Waals surface area contributed by atoms with Gasteiger partial charge in [-0.15, -0.1) is 0 Å². The molecule has 1 aliphatic rings. The summed E-state index contributed by atoms with van der Waals surface area (Å²) in [4.78, 5) is 10.8. The molecule has 2 aromatic heterocycles. The zero-order valence-electron chi connectivity index (χ0n) is 16.4. The van der Waals surface area contributed by atoms with Gasteiger partial charge in [0.25, 0.3) is 5.88 Å². The van der Waals surface area contributed by atoms with E-state index in [9.17, 15) is 9.50 Å². The zero-order valence-corrected chi connectivity index (χ0v) is 16.4. The Morgan fingerprint density at radius 1 is 1.17 bits per heavy atom. The van der Waals surface area contributed by atoms with E-state index in [4.69, 9.17) is 9.72 Å². The number of ether oxygens (including phenoxy) is 1. The van der Waals surface area contributed by atoms with Crippen LogP contribution in [0.1, 0.15) is 24.6 Å². The summed E-state index contributed by atoms with van der Waals surface area (Å²) in [7, 11) is 0. The molecule has 4 rings (SSSR count). The van der Waals surface area contributed by atoms with Crippen molar-refractivity contribution in [1.29, 1.82) is 0 Å². The van der Waals surface area contributed by atoms with Crippen molar-refractivity contribution in [2.75, 3.05) is 18.0 Å². The lowest BCUT2D eigenvalue weighted by Crippen LogP contribution is -2.26. The normalized spacial score (nSPS) is 16.2. The standard InChI is InChI=1S/C23H24FN3O2/c1-2-16-6-3-4-7-18(16)20-9-10-22(21(15-28)26-20)27-13-11-17(14-27)29-23-19(24)8-5-12-25-23/h3-10,12,17,28H,2,11,13-15H2,1H3. The first-order valence-corrected chi connectivity index (χ1v) is 9.90. The Balaban J connectivity index is 1.54. The van der Waals surface area contributed by atoms with Gasteiger partial charge in [-0.2, -0.15) is 0 Å². The summed E-state index contributed by atoms with van der Waals surface area (Å²) < 4.78 is 19.5. The molecule has 3 aromatic rings. The Labute approximate surface area is 169 Å². The van der Waals surface area contributed by atoms with Gasteiger partial charge in [0.2, 0.25) is 0 Å². The van der Waals surface area contributed by atoms with Crippen LogP contribution in [0.5, 0.6) is 5.88 Å². The molecule has 1 aromatic carbocycles. The first kappa shape index (κ1) is 19.3. The predicted molar refractivity (Wildman–Crippen MR) is 110 cm³/mol. The van der Waals surface area contributed by atoms with E-state index < -0.39 is 5.82 Å². The molecule has 6 heteroatoms. The van der Waals surface area contributed by atoms with Crippen molar-refractivity contribution in [3.8, 4) is 17.1 Å². The number of anilines is 1. The lowest BCUT2D eigenvalue weighted by Gasteiger charge is -2.22. The van der Waals surface area contributed by atoms with Crippen molar-refractivity contribution < 1.29 is 14.2 Å². The Morgan fingerprint density at radius 3 is 2.83 bits per heavy atom. The molecule has 0 aliphatic carbocycles. The highest BCUT2D eigenvalue weighted by atomic mass is 19.1. The molecule has 150 valence electrons. The SMILES string of the molecule is CCc1ccccc1-c1ccc(N2CCC(Oc3ncccc3F)C2)c(CO)n1. The van der Waals surface area contributed by atoms with Crippen molar-refractivity contribution in [3.05, 3.63) is 71.8 Å². The van der Waals surface area contributed by atoms with Gasteiger partial charge in [0.15, 0.2) is 5.82 Å². The van der Waals surface area contributed by atoms with Crippen LogP contribution in [0.2, 0.25) is 0 Å². The average Bonchev–Trinajstić information content (AvgIpc) is 3.23. The lowest BCUT2D eigenvalue weighted by atomic mass is 10.0. The van der Waals surface area contributed by atoms with Crippen LogP contribution in [-0.2, 0) is 13.0 Å². The maximum Gasteiger partial charge on any atom is 0.250 e. The largest absolute Gasteiger partial charge is 0.470 e. The fourth-order valence-corrected chi connectivity index (χ4v) is 3.79. The van der Waals surface area contributed by atoms with Gasteiger partial charge in [-0.25, -0.2) is 14.4 Å². The van der Waals surface area contributed by atoms with Gasteiger partial charge < -0.3 is 14.7 Å². The summed E-state index contributed by atoms with van der Waals surface area (Å²) in [6, 6.07) is 15.1. The second kappa shape index (κ2) is 8.57. The summed E-state index contributed by atoms with van der Waals surface area (Å²) >= 11 is 0. The van der Waals surface area contributed by atoms with E-state index in [1.54, 1.807) is 6.07 Å². The minimum Gasteiger partial charge on any atom is -0.470 e. The monoisotopic (exact) mass is 393 g/mol. The molecule has 29 heavy (non-hydrogen) atoms. The minimum atomic E-state index is -0.456. The molecule has 1 N–H and O–H groups in total. The van der Waals surface area contributed by atoms with E-state index in [0.29, 0.717) is 12.2 Å². The van der Waals surface area contributed by atoms with E-state index in [1.807, 2.05) is 24.3 Å². The van der Waals surface area contributed by atoms with Gasteiger partial charge in [0.05, 0.1) is 30.2 Å². The number of pyridine rings is 2. The third-order valence-corrected chi connectivity index (χ3v) is 5.26. The molecule has 0 amide bonds.